The summed E-state index contributed by atoms with van der Waals surface area (Å²) in [5.74, 6) is 0.743. The zero-order chi connectivity index (χ0) is 8.81. The number of thiol groups is 1. The maximum atomic E-state index is 5.69. The van der Waals surface area contributed by atoms with Crippen molar-refractivity contribution in [1.82, 2.24) is 0 Å². The zero-order valence-electron chi connectivity index (χ0n) is 7.59. The van der Waals surface area contributed by atoms with E-state index in [4.69, 9.17) is 4.74 Å². The zero-order valence-corrected chi connectivity index (χ0v) is 8.48. The van der Waals surface area contributed by atoms with Crippen molar-refractivity contribution < 1.29 is 4.74 Å². The molecule has 0 aliphatic heterocycles. The summed E-state index contributed by atoms with van der Waals surface area (Å²) < 4.78 is 5.69. The van der Waals surface area contributed by atoms with Gasteiger partial charge in [-0.3, -0.25) is 0 Å². The van der Waals surface area contributed by atoms with E-state index in [-0.39, 0.29) is 0 Å². The summed E-state index contributed by atoms with van der Waals surface area (Å²) in [5.41, 5.74) is 1.09. The van der Waals surface area contributed by atoms with Gasteiger partial charge in [-0.15, -0.1) is 0 Å². The van der Waals surface area contributed by atoms with Crippen molar-refractivity contribution in [2.24, 2.45) is 0 Å². The third-order valence-electron chi connectivity index (χ3n) is 2.30. The molecule has 0 radical (unpaired) electrons. The maximum Gasteiger partial charge on any atom is 0.0685 e. The average molecular weight is 186 g/mol. The number of ether oxygens (including phenoxy) is 1. The Balaban J connectivity index is 2.09. The molecule has 0 aromatic carbocycles. The molecule has 0 spiro atoms. The smallest absolute Gasteiger partial charge is 0.0685 e. The van der Waals surface area contributed by atoms with Gasteiger partial charge in [-0.25, -0.2) is 0 Å². The molecule has 1 nitrogen and oxygen atoms in total. The molecule has 0 amide bonds. The second-order valence-corrected chi connectivity index (χ2v) is 3.80. The summed E-state index contributed by atoms with van der Waals surface area (Å²) >= 11 is 4.13. The van der Waals surface area contributed by atoms with Gasteiger partial charge in [0.2, 0.25) is 0 Å². The van der Waals surface area contributed by atoms with Crippen LogP contribution in [0.5, 0.6) is 0 Å². The van der Waals surface area contributed by atoms with E-state index in [0.717, 1.165) is 11.3 Å². The minimum atomic E-state index is 0.496. The normalized spacial score (nSPS) is 19.4. The largest absolute Gasteiger partial charge is 0.374 e. The summed E-state index contributed by atoms with van der Waals surface area (Å²) in [7, 11) is 0. The fourth-order valence-electron chi connectivity index (χ4n) is 1.51. The molecule has 0 saturated heterocycles. The Morgan fingerprint density at radius 2 is 2.00 bits per heavy atom. The third kappa shape index (κ3) is 3.63. The Hall–Kier alpha value is 0.0500. The topological polar surface area (TPSA) is 9.23 Å². The Morgan fingerprint density at radius 1 is 1.33 bits per heavy atom. The molecule has 1 rings (SSSR count). The lowest BCUT2D eigenvalue weighted by molar-refractivity contribution is 0.0430. The summed E-state index contributed by atoms with van der Waals surface area (Å²) in [6.45, 7) is 4.56. The number of rotatable bonds is 4. The van der Waals surface area contributed by atoms with Crippen molar-refractivity contribution in [3.8, 4) is 0 Å². The van der Waals surface area contributed by atoms with Gasteiger partial charge >= 0.3 is 0 Å². The van der Waals surface area contributed by atoms with Crippen LogP contribution in [-0.4, -0.2) is 18.5 Å². The molecule has 1 aliphatic rings. The average Bonchev–Trinajstić information content (AvgIpc) is 2.16. The fraction of sp³-hybridized carbons (Fsp3) is 0.800. The maximum absolute atomic E-state index is 5.69. The van der Waals surface area contributed by atoms with Gasteiger partial charge in [0, 0.05) is 5.75 Å². The predicted octanol–water partition coefficient (Wildman–Crippen LogP) is 2.82. The first-order valence-corrected chi connectivity index (χ1v) is 5.35. The highest BCUT2D eigenvalue weighted by Crippen LogP contribution is 2.20. The highest BCUT2D eigenvalue weighted by atomic mass is 32.1. The molecule has 0 atom stereocenters. The minimum Gasteiger partial charge on any atom is -0.374 e. The molecule has 0 bridgehead atoms. The van der Waals surface area contributed by atoms with Gasteiger partial charge in [0.1, 0.15) is 0 Å². The van der Waals surface area contributed by atoms with Crippen molar-refractivity contribution in [3.63, 3.8) is 0 Å². The van der Waals surface area contributed by atoms with E-state index >= 15 is 0 Å². The Kier molecular flexibility index (Phi) is 4.77. The van der Waals surface area contributed by atoms with Crippen LogP contribution in [0, 0.1) is 0 Å². The molecule has 70 valence electrons. The van der Waals surface area contributed by atoms with E-state index in [1.807, 2.05) is 0 Å². The van der Waals surface area contributed by atoms with E-state index < -0.39 is 0 Å². The van der Waals surface area contributed by atoms with Crippen LogP contribution >= 0.6 is 12.6 Å². The van der Waals surface area contributed by atoms with E-state index in [0.29, 0.717) is 12.7 Å². The molecule has 0 aromatic rings. The highest BCUT2D eigenvalue weighted by molar-refractivity contribution is 7.80. The molecule has 0 N–H and O–H groups in total. The molecular formula is C10H18OS. The summed E-state index contributed by atoms with van der Waals surface area (Å²) in [5, 5.41) is 0. The van der Waals surface area contributed by atoms with Crippen LogP contribution in [0.1, 0.15) is 32.1 Å². The second kappa shape index (κ2) is 5.65. The second-order valence-electron chi connectivity index (χ2n) is 3.48. The number of hydrogen-bond donors (Lipinski definition) is 1. The summed E-state index contributed by atoms with van der Waals surface area (Å²) in [4.78, 5) is 0. The Labute approximate surface area is 80.6 Å². The van der Waals surface area contributed by atoms with Gasteiger partial charge in [0.05, 0.1) is 12.7 Å². The molecule has 12 heavy (non-hydrogen) atoms. The summed E-state index contributed by atoms with van der Waals surface area (Å²) in [6.07, 6.45) is 7.01. The number of hydrogen-bond acceptors (Lipinski definition) is 2. The lowest BCUT2D eigenvalue weighted by Gasteiger charge is -2.22. The van der Waals surface area contributed by atoms with Crippen molar-refractivity contribution in [3.05, 3.63) is 12.2 Å². The lowest BCUT2D eigenvalue weighted by atomic mass is 9.98. The van der Waals surface area contributed by atoms with Gasteiger partial charge < -0.3 is 4.74 Å². The van der Waals surface area contributed by atoms with Gasteiger partial charge in [0.15, 0.2) is 0 Å². The predicted molar refractivity (Wildman–Crippen MR) is 55.8 cm³/mol. The monoisotopic (exact) mass is 186 g/mol. The molecule has 1 saturated carbocycles. The van der Waals surface area contributed by atoms with Crippen LogP contribution < -0.4 is 0 Å². The van der Waals surface area contributed by atoms with Crippen LogP contribution in [0.4, 0.5) is 0 Å². The molecule has 1 aliphatic carbocycles. The van der Waals surface area contributed by atoms with Gasteiger partial charge in [-0.2, -0.15) is 12.6 Å². The molecule has 2 heteroatoms. The van der Waals surface area contributed by atoms with Crippen molar-refractivity contribution >= 4 is 12.6 Å². The van der Waals surface area contributed by atoms with Crippen LogP contribution in [0.15, 0.2) is 12.2 Å². The van der Waals surface area contributed by atoms with E-state index in [1.54, 1.807) is 0 Å². The SMILES string of the molecule is C=C(CS)COC1CCCCC1. The molecule has 0 aromatic heterocycles. The quantitative estimate of drug-likeness (QED) is 0.524. The van der Waals surface area contributed by atoms with Crippen molar-refractivity contribution in [2.45, 2.75) is 38.2 Å². The molecule has 0 unspecified atom stereocenters. The first-order valence-electron chi connectivity index (χ1n) is 4.72. The Bertz CT molecular complexity index is 139. The first kappa shape index (κ1) is 10.1. The van der Waals surface area contributed by atoms with Crippen LogP contribution in [0.3, 0.4) is 0 Å². The highest BCUT2D eigenvalue weighted by Gasteiger charge is 2.13. The van der Waals surface area contributed by atoms with Crippen molar-refractivity contribution in [1.29, 1.82) is 0 Å². The van der Waals surface area contributed by atoms with Gasteiger partial charge in [-0.05, 0) is 18.4 Å². The van der Waals surface area contributed by atoms with E-state index in [1.165, 1.54) is 32.1 Å². The third-order valence-corrected chi connectivity index (χ3v) is 2.75. The van der Waals surface area contributed by atoms with Crippen molar-refractivity contribution in [2.75, 3.05) is 12.4 Å². The van der Waals surface area contributed by atoms with Gasteiger partial charge in [-0.1, -0.05) is 25.8 Å². The van der Waals surface area contributed by atoms with Crippen LogP contribution in [0.25, 0.3) is 0 Å². The molecular weight excluding hydrogens is 168 g/mol. The molecule has 0 heterocycles. The standard InChI is InChI=1S/C10H18OS/c1-9(8-12)7-11-10-5-3-2-4-6-10/h10,12H,1-8H2. The lowest BCUT2D eigenvalue weighted by Crippen LogP contribution is -2.17. The van der Waals surface area contributed by atoms with E-state index in [9.17, 15) is 0 Å². The molecule has 1 fully saturated rings. The van der Waals surface area contributed by atoms with Gasteiger partial charge in [0.25, 0.3) is 0 Å². The first-order chi connectivity index (χ1) is 5.83. The summed E-state index contributed by atoms with van der Waals surface area (Å²) in [6, 6.07) is 0. The van der Waals surface area contributed by atoms with Crippen LogP contribution in [-0.2, 0) is 4.74 Å². The fourth-order valence-corrected chi connectivity index (χ4v) is 1.60. The Morgan fingerprint density at radius 3 is 2.58 bits per heavy atom. The van der Waals surface area contributed by atoms with E-state index in [2.05, 4.69) is 19.2 Å². The minimum absolute atomic E-state index is 0.496. The van der Waals surface area contributed by atoms with Crippen LogP contribution in [0.2, 0.25) is 0 Å².